The van der Waals surface area contributed by atoms with Crippen LogP contribution >= 0.6 is 23.1 Å². The third-order valence-electron chi connectivity index (χ3n) is 4.61. The molecule has 1 amide bonds. The summed E-state index contributed by atoms with van der Waals surface area (Å²) in [5.41, 5.74) is 1.16. The van der Waals surface area contributed by atoms with Gasteiger partial charge in [-0.15, -0.1) is 16.4 Å². The smallest absolute Gasteiger partial charge is 0.233 e. The molecule has 1 fully saturated rings. The van der Waals surface area contributed by atoms with E-state index in [-0.39, 0.29) is 5.91 Å². The van der Waals surface area contributed by atoms with E-state index < -0.39 is 0 Å². The highest BCUT2D eigenvalue weighted by molar-refractivity contribution is 7.99. The van der Waals surface area contributed by atoms with Crippen molar-refractivity contribution < 1.29 is 9.53 Å². The highest BCUT2D eigenvalue weighted by atomic mass is 32.2. The second kappa shape index (κ2) is 8.66. The fourth-order valence-corrected chi connectivity index (χ4v) is 4.42. The van der Waals surface area contributed by atoms with E-state index in [2.05, 4.69) is 32.2 Å². The van der Waals surface area contributed by atoms with Crippen LogP contribution < -0.4 is 9.64 Å². The number of carbonyl (C=O) groups excluding carboxylic acids is 1. The Kier molecular flexibility index (Phi) is 5.82. The number of carbonyl (C=O) groups is 1. The van der Waals surface area contributed by atoms with Crippen molar-refractivity contribution in [3.8, 4) is 16.5 Å². The number of hydrogen-bond donors (Lipinski definition) is 1. The van der Waals surface area contributed by atoms with Crippen LogP contribution in [0.15, 0.2) is 46.9 Å². The molecule has 0 atom stereocenters. The molecule has 2 aromatic heterocycles. The highest BCUT2D eigenvalue weighted by Crippen LogP contribution is 2.24. The first-order chi connectivity index (χ1) is 13.7. The number of piperazine rings is 1. The maximum Gasteiger partial charge on any atom is 0.233 e. The van der Waals surface area contributed by atoms with Crippen LogP contribution in [-0.4, -0.2) is 65.0 Å². The average molecular weight is 416 g/mol. The standard InChI is InChI=1S/C19H21N5O2S2/c1-26-15-6-4-14(5-7-15)23-8-10-24(11-9-23)17(25)13-28-19-20-18(21-22-19)16-3-2-12-27-16/h2-7,12H,8-11,13H2,1H3,(H,20,21,22). The Morgan fingerprint density at radius 1 is 1.21 bits per heavy atom. The van der Waals surface area contributed by atoms with Gasteiger partial charge in [0.25, 0.3) is 0 Å². The normalized spacial score (nSPS) is 14.3. The van der Waals surface area contributed by atoms with Crippen molar-refractivity contribution in [2.75, 3.05) is 43.9 Å². The van der Waals surface area contributed by atoms with Gasteiger partial charge < -0.3 is 14.5 Å². The molecule has 9 heteroatoms. The van der Waals surface area contributed by atoms with Crippen LogP contribution in [0, 0.1) is 0 Å². The molecule has 1 aliphatic rings. The fraction of sp³-hybridized carbons (Fsp3) is 0.316. The molecular weight excluding hydrogens is 394 g/mol. The van der Waals surface area contributed by atoms with E-state index in [1.54, 1.807) is 18.4 Å². The number of amides is 1. The van der Waals surface area contributed by atoms with E-state index in [9.17, 15) is 4.79 Å². The number of H-pyrrole nitrogens is 1. The first-order valence-corrected chi connectivity index (χ1v) is 10.9. The molecule has 146 valence electrons. The maximum absolute atomic E-state index is 12.5. The number of rotatable bonds is 6. The minimum Gasteiger partial charge on any atom is -0.497 e. The van der Waals surface area contributed by atoms with Gasteiger partial charge in [-0.25, -0.2) is 4.98 Å². The number of thiophene rings is 1. The Labute approximate surface area is 171 Å². The monoisotopic (exact) mass is 415 g/mol. The number of ether oxygens (including phenoxy) is 1. The lowest BCUT2D eigenvalue weighted by Gasteiger charge is -2.36. The van der Waals surface area contributed by atoms with Gasteiger partial charge in [0.15, 0.2) is 5.82 Å². The number of aromatic nitrogens is 3. The van der Waals surface area contributed by atoms with Crippen molar-refractivity contribution >= 4 is 34.7 Å². The van der Waals surface area contributed by atoms with Crippen LogP contribution in [0.2, 0.25) is 0 Å². The van der Waals surface area contributed by atoms with Crippen molar-refractivity contribution in [2.24, 2.45) is 0 Å². The second-order valence-electron chi connectivity index (χ2n) is 6.30. The topological polar surface area (TPSA) is 74.3 Å². The molecule has 1 N–H and O–H groups in total. The Bertz CT molecular complexity index is 903. The summed E-state index contributed by atoms with van der Waals surface area (Å²) in [4.78, 5) is 22.2. The van der Waals surface area contributed by atoms with Crippen LogP contribution in [0.5, 0.6) is 5.75 Å². The summed E-state index contributed by atoms with van der Waals surface area (Å²) in [6, 6.07) is 12.0. The van der Waals surface area contributed by atoms with E-state index in [1.165, 1.54) is 11.8 Å². The molecule has 3 heterocycles. The molecule has 7 nitrogen and oxygen atoms in total. The van der Waals surface area contributed by atoms with E-state index in [0.717, 1.165) is 48.3 Å². The predicted octanol–water partition coefficient (Wildman–Crippen LogP) is 2.98. The fourth-order valence-electron chi connectivity index (χ4n) is 3.06. The van der Waals surface area contributed by atoms with Gasteiger partial charge >= 0.3 is 0 Å². The van der Waals surface area contributed by atoms with E-state index in [0.29, 0.717) is 10.9 Å². The van der Waals surface area contributed by atoms with Crippen molar-refractivity contribution in [3.05, 3.63) is 41.8 Å². The van der Waals surface area contributed by atoms with Crippen LogP contribution in [-0.2, 0) is 4.79 Å². The summed E-state index contributed by atoms with van der Waals surface area (Å²) in [5, 5.41) is 9.74. The average Bonchev–Trinajstić information content (AvgIpc) is 3.44. The number of nitrogens with zero attached hydrogens (tertiary/aromatic N) is 4. The van der Waals surface area contributed by atoms with Gasteiger partial charge in [-0.3, -0.25) is 9.89 Å². The molecule has 0 bridgehead atoms. The molecule has 28 heavy (non-hydrogen) atoms. The number of hydrogen-bond acceptors (Lipinski definition) is 7. The summed E-state index contributed by atoms with van der Waals surface area (Å²) >= 11 is 2.98. The predicted molar refractivity (Wildman–Crippen MR) is 112 cm³/mol. The second-order valence-corrected chi connectivity index (χ2v) is 8.19. The largest absolute Gasteiger partial charge is 0.497 e. The molecule has 1 saturated heterocycles. The first-order valence-electron chi connectivity index (χ1n) is 8.99. The number of methoxy groups -OCH3 is 1. The quantitative estimate of drug-likeness (QED) is 0.624. The first kappa shape index (κ1) is 18.8. The van der Waals surface area contributed by atoms with E-state index in [1.807, 2.05) is 34.5 Å². The molecule has 0 spiro atoms. The van der Waals surface area contributed by atoms with Gasteiger partial charge in [-0.2, -0.15) is 0 Å². The van der Waals surface area contributed by atoms with Crippen LogP contribution in [0.1, 0.15) is 0 Å². The Hall–Kier alpha value is -2.52. The zero-order valence-electron chi connectivity index (χ0n) is 15.5. The molecule has 0 aliphatic carbocycles. The minimum atomic E-state index is 0.127. The van der Waals surface area contributed by atoms with Gasteiger partial charge in [0.05, 0.1) is 17.7 Å². The molecule has 0 saturated carbocycles. The summed E-state index contributed by atoms with van der Waals surface area (Å²) in [6.07, 6.45) is 0. The summed E-state index contributed by atoms with van der Waals surface area (Å²) in [6.45, 7) is 3.09. The zero-order chi connectivity index (χ0) is 19.3. The number of nitrogens with one attached hydrogen (secondary N) is 1. The molecule has 4 rings (SSSR count). The molecule has 0 radical (unpaired) electrons. The number of aromatic amines is 1. The van der Waals surface area contributed by atoms with Gasteiger partial charge in [-0.1, -0.05) is 17.8 Å². The van der Waals surface area contributed by atoms with Crippen molar-refractivity contribution in [3.63, 3.8) is 0 Å². The Morgan fingerprint density at radius 3 is 2.68 bits per heavy atom. The molecule has 1 aliphatic heterocycles. The lowest BCUT2D eigenvalue weighted by Crippen LogP contribution is -2.49. The lowest BCUT2D eigenvalue weighted by molar-refractivity contribution is -0.128. The van der Waals surface area contributed by atoms with Gasteiger partial charge in [0, 0.05) is 31.9 Å². The SMILES string of the molecule is COc1ccc(N2CCN(C(=O)CSc3n[nH]c(-c4cccs4)n3)CC2)cc1. The summed E-state index contributed by atoms with van der Waals surface area (Å²) in [7, 11) is 1.67. The number of anilines is 1. The Balaban J connectivity index is 1.26. The van der Waals surface area contributed by atoms with E-state index >= 15 is 0 Å². The van der Waals surface area contributed by atoms with Gasteiger partial charge in [0.2, 0.25) is 11.1 Å². The van der Waals surface area contributed by atoms with Crippen molar-refractivity contribution in [1.82, 2.24) is 20.1 Å². The Morgan fingerprint density at radius 2 is 2.00 bits per heavy atom. The van der Waals surface area contributed by atoms with Crippen molar-refractivity contribution in [2.45, 2.75) is 5.16 Å². The molecule has 1 aromatic carbocycles. The highest BCUT2D eigenvalue weighted by Gasteiger charge is 2.22. The van der Waals surface area contributed by atoms with Crippen LogP contribution in [0.4, 0.5) is 5.69 Å². The third kappa shape index (κ3) is 4.31. The van der Waals surface area contributed by atoms with Crippen LogP contribution in [0.3, 0.4) is 0 Å². The number of thioether (sulfide) groups is 1. The van der Waals surface area contributed by atoms with E-state index in [4.69, 9.17) is 4.74 Å². The van der Waals surface area contributed by atoms with Gasteiger partial charge in [0.1, 0.15) is 5.75 Å². The zero-order valence-corrected chi connectivity index (χ0v) is 17.1. The third-order valence-corrected chi connectivity index (χ3v) is 6.32. The minimum absolute atomic E-state index is 0.127. The number of benzene rings is 1. The lowest BCUT2D eigenvalue weighted by atomic mass is 10.2. The molecular formula is C19H21N5O2S2. The summed E-state index contributed by atoms with van der Waals surface area (Å²) < 4.78 is 5.21. The van der Waals surface area contributed by atoms with Crippen molar-refractivity contribution in [1.29, 1.82) is 0 Å². The molecule has 0 unspecified atom stereocenters. The maximum atomic E-state index is 12.5. The summed E-state index contributed by atoms with van der Waals surface area (Å²) in [5.74, 6) is 2.08. The van der Waals surface area contributed by atoms with Gasteiger partial charge in [-0.05, 0) is 35.7 Å². The van der Waals surface area contributed by atoms with Crippen LogP contribution in [0.25, 0.3) is 10.7 Å². The molecule has 3 aromatic rings.